The van der Waals surface area contributed by atoms with Crippen LogP contribution in [0.1, 0.15) is 20.8 Å². The summed E-state index contributed by atoms with van der Waals surface area (Å²) >= 11 is 0. The van der Waals surface area contributed by atoms with Crippen molar-refractivity contribution in [2.45, 2.75) is 0 Å². The van der Waals surface area contributed by atoms with Crippen LogP contribution in [-0.2, 0) is 9.47 Å². The van der Waals surface area contributed by atoms with E-state index in [4.69, 9.17) is 4.74 Å². The molecule has 0 unspecified atom stereocenters. The molecule has 1 heterocycles. The highest BCUT2D eigenvalue weighted by Crippen LogP contribution is 2.32. The summed E-state index contributed by atoms with van der Waals surface area (Å²) < 4.78 is 51.9. The van der Waals surface area contributed by atoms with Crippen LogP contribution < -0.4 is 0 Å². The fraction of sp³-hybridized carbons (Fsp3) is 0.105. The number of halogens is 3. The molecule has 2 aromatic carbocycles. The Morgan fingerprint density at radius 3 is 2.14 bits per heavy atom. The van der Waals surface area contributed by atoms with Crippen molar-refractivity contribution in [3.8, 4) is 16.9 Å². The van der Waals surface area contributed by atoms with Crippen molar-refractivity contribution in [2.75, 3.05) is 14.2 Å². The summed E-state index contributed by atoms with van der Waals surface area (Å²) in [5.41, 5.74) is -1.35. The molecule has 0 N–H and O–H groups in total. The first-order chi connectivity index (χ1) is 13.4. The Bertz CT molecular complexity index is 1060. The molecule has 0 spiro atoms. The number of carbonyl (C=O) groups excluding carboxylic acids is 2. The minimum Gasteiger partial charge on any atom is -0.465 e. The van der Waals surface area contributed by atoms with Gasteiger partial charge in [0.1, 0.15) is 11.3 Å². The summed E-state index contributed by atoms with van der Waals surface area (Å²) in [6.07, 6.45) is 0. The third-order valence-corrected chi connectivity index (χ3v) is 3.94. The van der Waals surface area contributed by atoms with Gasteiger partial charge in [0.2, 0.25) is 0 Å². The lowest BCUT2D eigenvalue weighted by molar-refractivity contribution is 0.0549. The van der Waals surface area contributed by atoms with Crippen LogP contribution in [0.2, 0.25) is 0 Å². The van der Waals surface area contributed by atoms with Gasteiger partial charge < -0.3 is 9.47 Å². The number of methoxy groups -OCH3 is 2. The van der Waals surface area contributed by atoms with Crippen LogP contribution in [0.15, 0.2) is 42.5 Å². The van der Waals surface area contributed by atoms with Crippen LogP contribution >= 0.6 is 0 Å². The molecular formula is C19H13F3N2O4. The Labute approximate surface area is 157 Å². The number of para-hydroxylation sites is 1. The molecule has 0 aliphatic carbocycles. The minimum absolute atomic E-state index is 0.348. The Morgan fingerprint density at radius 2 is 1.54 bits per heavy atom. The molecule has 0 amide bonds. The predicted molar refractivity (Wildman–Crippen MR) is 91.6 cm³/mol. The number of ether oxygens (including phenoxy) is 2. The second-order valence-corrected chi connectivity index (χ2v) is 5.53. The Hall–Kier alpha value is -3.62. The quantitative estimate of drug-likeness (QED) is 0.504. The minimum atomic E-state index is -1.73. The fourth-order valence-corrected chi connectivity index (χ4v) is 2.65. The van der Waals surface area contributed by atoms with Gasteiger partial charge in [-0.05, 0) is 24.3 Å². The van der Waals surface area contributed by atoms with Crippen molar-refractivity contribution in [2.24, 2.45) is 0 Å². The van der Waals surface area contributed by atoms with Crippen molar-refractivity contribution in [1.29, 1.82) is 0 Å². The maximum Gasteiger partial charge on any atom is 0.357 e. The summed E-state index contributed by atoms with van der Waals surface area (Å²) in [7, 11) is 2.14. The third-order valence-electron chi connectivity index (χ3n) is 3.94. The standard InChI is InChI=1S/C19H13F3N2O4/c1-27-18(25)13-16(11-8-9-12(20)15(22)14(11)21)23-24(17(13)19(26)28-2)10-6-4-3-5-7-10/h3-9H,1-2H3. The Kier molecular flexibility index (Phi) is 5.16. The highest BCUT2D eigenvalue weighted by atomic mass is 19.2. The van der Waals surface area contributed by atoms with E-state index in [0.29, 0.717) is 11.8 Å². The van der Waals surface area contributed by atoms with Crippen LogP contribution in [0.4, 0.5) is 13.2 Å². The number of carbonyl (C=O) groups is 2. The van der Waals surface area contributed by atoms with E-state index in [9.17, 15) is 22.8 Å². The average Bonchev–Trinajstić information content (AvgIpc) is 3.12. The molecule has 3 rings (SSSR count). The first-order valence-electron chi connectivity index (χ1n) is 7.89. The van der Waals surface area contributed by atoms with Crippen LogP contribution in [0.25, 0.3) is 16.9 Å². The molecular weight excluding hydrogens is 377 g/mol. The van der Waals surface area contributed by atoms with Gasteiger partial charge >= 0.3 is 11.9 Å². The number of hydrogen-bond donors (Lipinski definition) is 0. The van der Waals surface area contributed by atoms with Crippen molar-refractivity contribution < 1.29 is 32.2 Å². The zero-order chi connectivity index (χ0) is 20.4. The smallest absolute Gasteiger partial charge is 0.357 e. The molecule has 0 aliphatic rings. The van der Waals surface area contributed by atoms with Gasteiger partial charge in [0.15, 0.2) is 23.1 Å². The van der Waals surface area contributed by atoms with E-state index in [1.807, 2.05) is 0 Å². The maximum atomic E-state index is 14.4. The molecule has 6 nitrogen and oxygen atoms in total. The normalized spacial score (nSPS) is 10.6. The summed E-state index contributed by atoms with van der Waals surface area (Å²) in [5, 5.41) is 4.11. The number of nitrogens with zero attached hydrogens (tertiary/aromatic N) is 2. The van der Waals surface area contributed by atoms with Gasteiger partial charge in [0, 0.05) is 5.56 Å². The molecule has 28 heavy (non-hydrogen) atoms. The molecule has 0 saturated heterocycles. The van der Waals surface area contributed by atoms with Gasteiger partial charge in [-0.3, -0.25) is 0 Å². The fourth-order valence-electron chi connectivity index (χ4n) is 2.65. The number of benzene rings is 2. The van der Waals surface area contributed by atoms with Gasteiger partial charge in [0.05, 0.1) is 19.9 Å². The SMILES string of the molecule is COC(=O)c1c(-c2ccc(F)c(F)c2F)nn(-c2ccccc2)c1C(=O)OC. The summed E-state index contributed by atoms with van der Waals surface area (Å²) in [6.45, 7) is 0. The van der Waals surface area contributed by atoms with E-state index >= 15 is 0 Å². The molecule has 3 aromatic rings. The predicted octanol–water partition coefficient (Wildman–Crippen LogP) is 3.53. The van der Waals surface area contributed by atoms with Gasteiger partial charge in [0.25, 0.3) is 0 Å². The van der Waals surface area contributed by atoms with E-state index in [2.05, 4.69) is 9.84 Å². The van der Waals surface area contributed by atoms with Crippen molar-refractivity contribution in [1.82, 2.24) is 9.78 Å². The first kappa shape index (κ1) is 19.2. The van der Waals surface area contributed by atoms with Crippen molar-refractivity contribution in [3.63, 3.8) is 0 Å². The molecule has 0 aliphatic heterocycles. The topological polar surface area (TPSA) is 70.4 Å². The van der Waals surface area contributed by atoms with Crippen molar-refractivity contribution in [3.05, 3.63) is 71.2 Å². The Morgan fingerprint density at radius 1 is 0.893 bits per heavy atom. The number of aromatic nitrogens is 2. The molecule has 9 heteroatoms. The zero-order valence-corrected chi connectivity index (χ0v) is 14.7. The second-order valence-electron chi connectivity index (χ2n) is 5.53. The highest BCUT2D eigenvalue weighted by molar-refractivity contribution is 6.06. The number of hydrogen-bond acceptors (Lipinski definition) is 5. The van der Waals surface area contributed by atoms with Crippen LogP contribution in [0.5, 0.6) is 0 Å². The molecule has 0 bridgehead atoms. The monoisotopic (exact) mass is 390 g/mol. The molecule has 0 radical (unpaired) electrons. The second kappa shape index (κ2) is 7.55. The number of esters is 2. The molecule has 0 saturated carbocycles. The van der Waals surface area contributed by atoms with Crippen LogP contribution in [0.3, 0.4) is 0 Å². The number of rotatable bonds is 4. The summed E-state index contributed by atoms with van der Waals surface area (Å²) in [6, 6.07) is 9.76. The average molecular weight is 390 g/mol. The zero-order valence-electron chi connectivity index (χ0n) is 14.7. The Balaban J connectivity index is 2.41. The molecule has 1 aromatic heterocycles. The lowest BCUT2D eigenvalue weighted by Gasteiger charge is -2.07. The van der Waals surface area contributed by atoms with Gasteiger partial charge in [-0.15, -0.1) is 0 Å². The lowest BCUT2D eigenvalue weighted by atomic mass is 10.0. The first-order valence-corrected chi connectivity index (χ1v) is 7.89. The van der Waals surface area contributed by atoms with E-state index in [-0.39, 0.29) is 5.69 Å². The van der Waals surface area contributed by atoms with E-state index < -0.39 is 46.2 Å². The maximum absolute atomic E-state index is 14.4. The van der Waals surface area contributed by atoms with Crippen LogP contribution in [0, 0.1) is 17.5 Å². The lowest BCUT2D eigenvalue weighted by Crippen LogP contribution is -2.15. The van der Waals surface area contributed by atoms with Gasteiger partial charge in [-0.1, -0.05) is 18.2 Å². The molecule has 0 fully saturated rings. The van der Waals surface area contributed by atoms with E-state index in [1.165, 1.54) is 0 Å². The van der Waals surface area contributed by atoms with Gasteiger partial charge in [-0.25, -0.2) is 27.4 Å². The van der Waals surface area contributed by atoms with Crippen LogP contribution in [-0.4, -0.2) is 35.9 Å². The molecule has 144 valence electrons. The summed E-state index contributed by atoms with van der Waals surface area (Å²) in [5.74, 6) is -6.68. The third kappa shape index (κ3) is 3.11. The van der Waals surface area contributed by atoms with Gasteiger partial charge in [-0.2, -0.15) is 5.10 Å². The molecule has 0 atom stereocenters. The van der Waals surface area contributed by atoms with E-state index in [1.54, 1.807) is 30.3 Å². The van der Waals surface area contributed by atoms with E-state index in [0.717, 1.165) is 25.0 Å². The largest absolute Gasteiger partial charge is 0.465 e. The highest BCUT2D eigenvalue weighted by Gasteiger charge is 2.33. The summed E-state index contributed by atoms with van der Waals surface area (Å²) in [4.78, 5) is 24.8. The van der Waals surface area contributed by atoms with Crippen molar-refractivity contribution >= 4 is 11.9 Å².